The van der Waals surface area contributed by atoms with Crippen LogP contribution in [0.4, 0.5) is 4.79 Å². The van der Waals surface area contributed by atoms with Crippen LogP contribution in [-0.4, -0.2) is 88.9 Å². The Bertz CT molecular complexity index is 1170. The Balaban J connectivity index is 1.30. The molecular weight excluding hydrogens is 504 g/mol. The molecule has 2 amide bonds. The maximum Gasteiger partial charge on any atom is 0.317 e. The van der Waals surface area contributed by atoms with Gasteiger partial charge < -0.3 is 44.9 Å². The molecule has 208 valence electrons. The van der Waals surface area contributed by atoms with Crippen LogP contribution in [0.25, 0.3) is 11.1 Å². The van der Waals surface area contributed by atoms with E-state index in [0.29, 0.717) is 31.2 Å². The first-order valence-corrected chi connectivity index (χ1v) is 12.7. The van der Waals surface area contributed by atoms with Crippen LogP contribution in [0, 0.1) is 0 Å². The largest absolute Gasteiger partial charge is 0.492 e. The second-order valence-corrected chi connectivity index (χ2v) is 9.17. The molecule has 0 spiro atoms. The number of aliphatic hydroxyl groups is 4. The third-order valence-corrected chi connectivity index (χ3v) is 6.49. The molecule has 1 fully saturated rings. The maximum atomic E-state index is 12.3. The van der Waals surface area contributed by atoms with E-state index >= 15 is 0 Å². The first kappa shape index (κ1) is 28.3. The van der Waals surface area contributed by atoms with Gasteiger partial charge >= 0.3 is 6.03 Å². The van der Waals surface area contributed by atoms with E-state index in [0.717, 1.165) is 16.7 Å². The fourth-order valence-electron chi connectivity index (χ4n) is 4.26. The molecule has 1 aliphatic rings. The van der Waals surface area contributed by atoms with E-state index < -0.39 is 37.3 Å². The topological polar surface area (TPSA) is 141 Å². The highest BCUT2D eigenvalue weighted by Crippen LogP contribution is 2.28. The average Bonchev–Trinajstić information content (AvgIpc) is 2.98. The first-order valence-electron chi connectivity index (χ1n) is 12.7. The summed E-state index contributed by atoms with van der Waals surface area (Å²) in [6, 6.07) is 24.2. The van der Waals surface area contributed by atoms with Gasteiger partial charge in [-0.15, -0.1) is 0 Å². The van der Waals surface area contributed by atoms with E-state index in [4.69, 9.17) is 14.2 Å². The lowest BCUT2D eigenvalue weighted by Crippen LogP contribution is -2.60. The summed E-state index contributed by atoms with van der Waals surface area (Å²) in [5, 5.41) is 42.0. The summed E-state index contributed by atoms with van der Waals surface area (Å²) in [6.07, 6.45) is -6.70. The Kier molecular flexibility index (Phi) is 9.74. The number of urea groups is 1. The van der Waals surface area contributed by atoms with Crippen LogP contribution < -0.4 is 14.8 Å². The van der Waals surface area contributed by atoms with Gasteiger partial charge in [-0.1, -0.05) is 54.6 Å². The van der Waals surface area contributed by atoms with Crippen LogP contribution in [0.5, 0.6) is 11.5 Å². The second-order valence-electron chi connectivity index (χ2n) is 9.17. The lowest BCUT2D eigenvalue weighted by atomic mass is 9.99. The van der Waals surface area contributed by atoms with Gasteiger partial charge in [0.05, 0.1) is 13.2 Å². The number of amides is 2. The Morgan fingerprint density at radius 1 is 0.872 bits per heavy atom. The van der Waals surface area contributed by atoms with E-state index in [1.54, 1.807) is 24.1 Å². The van der Waals surface area contributed by atoms with E-state index in [1.807, 2.05) is 66.7 Å². The van der Waals surface area contributed by atoms with Gasteiger partial charge in [-0.2, -0.15) is 0 Å². The highest BCUT2D eigenvalue weighted by molar-refractivity contribution is 5.73. The Morgan fingerprint density at radius 3 is 2.08 bits per heavy atom. The molecule has 0 aromatic heterocycles. The van der Waals surface area contributed by atoms with Crippen LogP contribution in [0.2, 0.25) is 0 Å². The summed E-state index contributed by atoms with van der Waals surface area (Å²) < 4.78 is 16.9. The zero-order valence-electron chi connectivity index (χ0n) is 21.6. The van der Waals surface area contributed by atoms with Gasteiger partial charge in [-0.05, 0) is 41.0 Å². The number of rotatable bonds is 10. The number of benzene rings is 3. The lowest BCUT2D eigenvalue weighted by Gasteiger charge is -2.39. The number of ether oxygens (including phenoxy) is 3. The zero-order valence-corrected chi connectivity index (χ0v) is 21.6. The van der Waals surface area contributed by atoms with Gasteiger partial charge in [0.15, 0.2) is 0 Å². The number of hydrogen-bond donors (Lipinski definition) is 5. The Hall–Kier alpha value is -3.67. The second kappa shape index (κ2) is 13.4. The maximum absolute atomic E-state index is 12.3. The summed E-state index contributed by atoms with van der Waals surface area (Å²) in [5.74, 6) is 1.07. The molecule has 3 aromatic rings. The van der Waals surface area contributed by atoms with Crippen LogP contribution >= 0.6 is 0 Å². The molecule has 39 heavy (non-hydrogen) atoms. The molecule has 5 N–H and O–H groups in total. The summed E-state index contributed by atoms with van der Waals surface area (Å²) in [4.78, 5) is 14.0. The molecule has 4 rings (SSSR count). The van der Waals surface area contributed by atoms with Crippen LogP contribution in [0.15, 0.2) is 78.9 Å². The van der Waals surface area contributed by atoms with Crippen molar-refractivity contribution in [2.75, 3.05) is 26.8 Å². The number of hydrogen-bond acceptors (Lipinski definition) is 8. The van der Waals surface area contributed by atoms with Crippen molar-refractivity contribution in [3.05, 3.63) is 84.4 Å². The highest BCUT2D eigenvalue weighted by Gasteiger charge is 2.44. The molecule has 10 nitrogen and oxygen atoms in total. The van der Waals surface area contributed by atoms with E-state index in [2.05, 4.69) is 5.32 Å². The smallest absolute Gasteiger partial charge is 0.317 e. The number of aliphatic hydroxyl groups excluding tert-OH is 4. The molecule has 1 aliphatic heterocycles. The third-order valence-electron chi connectivity index (χ3n) is 6.49. The minimum absolute atomic E-state index is 0.170. The van der Waals surface area contributed by atoms with E-state index in [-0.39, 0.29) is 6.03 Å². The molecule has 3 aromatic carbocycles. The van der Waals surface area contributed by atoms with Gasteiger partial charge in [0.2, 0.25) is 6.29 Å². The van der Waals surface area contributed by atoms with E-state index in [9.17, 15) is 25.2 Å². The average molecular weight is 539 g/mol. The third kappa shape index (κ3) is 7.25. The number of nitrogens with one attached hydrogen (secondary N) is 1. The van der Waals surface area contributed by atoms with Crippen molar-refractivity contribution in [2.45, 2.75) is 37.3 Å². The molecule has 1 heterocycles. The monoisotopic (exact) mass is 538 g/mol. The van der Waals surface area contributed by atoms with Gasteiger partial charge in [-0.25, -0.2) is 4.79 Å². The van der Waals surface area contributed by atoms with Gasteiger partial charge in [0, 0.05) is 13.6 Å². The summed E-state index contributed by atoms with van der Waals surface area (Å²) in [7, 11) is 1.61. The molecule has 1 saturated heterocycles. The normalized spacial score (nSPS) is 22.6. The van der Waals surface area contributed by atoms with Crippen molar-refractivity contribution < 1.29 is 39.4 Å². The van der Waals surface area contributed by atoms with Crippen LogP contribution in [0.3, 0.4) is 0 Å². The minimum atomic E-state index is -1.50. The van der Waals surface area contributed by atoms with Crippen molar-refractivity contribution in [1.82, 2.24) is 10.2 Å². The SMILES string of the molecule is CNC(=O)N(CCOc1ccc(-c2ccc(OC3OC(CO)C(O)C(O)C3O)cc2)cc1)Cc1ccccc1. The van der Waals surface area contributed by atoms with Gasteiger partial charge in [0.25, 0.3) is 0 Å². The number of carbonyl (C=O) groups is 1. The molecule has 0 bridgehead atoms. The minimum Gasteiger partial charge on any atom is -0.492 e. The standard InChI is InChI=1S/C29H34N2O8/c1-30-29(36)31(17-19-5-3-2-4-6-19)15-16-37-22-11-7-20(8-12-22)21-9-13-23(14-10-21)38-28-27(35)26(34)25(33)24(18-32)39-28/h2-14,24-28,32-35H,15-18H2,1H3,(H,30,36). The molecule has 10 heteroatoms. The zero-order chi connectivity index (χ0) is 27.8. The molecule has 0 radical (unpaired) electrons. The fraction of sp³-hybridized carbons (Fsp3) is 0.345. The quantitative estimate of drug-likeness (QED) is 0.263. The molecule has 0 aliphatic carbocycles. The first-order chi connectivity index (χ1) is 18.9. The van der Waals surface area contributed by atoms with Crippen molar-refractivity contribution in [3.8, 4) is 22.6 Å². The Labute approximate surface area is 227 Å². The fourth-order valence-corrected chi connectivity index (χ4v) is 4.26. The predicted octanol–water partition coefficient (Wildman–Crippen LogP) is 1.75. The van der Waals surface area contributed by atoms with Gasteiger partial charge in [-0.3, -0.25) is 0 Å². The molecule has 0 saturated carbocycles. The summed E-state index contributed by atoms with van der Waals surface area (Å²) in [6.45, 7) is 0.720. The van der Waals surface area contributed by atoms with Crippen molar-refractivity contribution in [1.29, 1.82) is 0 Å². The van der Waals surface area contributed by atoms with Crippen LogP contribution in [-0.2, 0) is 11.3 Å². The highest BCUT2D eigenvalue weighted by atomic mass is 16.7. The van der Waals surface area contributed by atoms with Crippen molar-refractivity contribution in [2.24, 2.45) is 0 Å². The predicted molar refractivity (Wildman–Crippen MR) is 143 cm³/mol. The van der Waals surface area contributed by atoms with Crippen molar-refractivity contribution in [3.63, 3.8) is 0 Å². The number of carbonyl (C=O) groups excluding carboxylic acids is 1. The number of nitrogens with zero attached hydrogens (tertiary/aromatic N) is 1. The lowest BCUT2D eigenvalue weighted by molar-refractivity contribution is -0.277. The van der Waals surface area contributed by atoms with Gasteiger partial charge in [0.1, 0.15) is 42.5 Å². The molecular formula is C29H34N2O8. The van der Waals surface area contributed by atoms with Crippen molar-refractivity contribution >= 4 is 6.03 Å². The Morgan fingerprint density at radius 2 is 1.49 bits per heavy atom. The molecule has 5 atom stereocenters. The summed E-state index contributed by atoms with van der Waals surface area (Å²) in [5.41, 5.74) is 2.89. The summed E-state index contributed by atoms with van der Waals surface area (Å²) >= 11 is 0. The van der Waals surface area contributed by atoms with E-state index in [1.165, 1.54) is 0 Å². The van der Waals surface area contributed by atoms with Crippen LogP contribution in [0.1, 0.15) is 5.56 Å². The molecule has 5 unspecified atom stereocenters.